The first-order chi connectivity index (χ1) is 4.79. The van der Waals surface area contributed by atoms with Crippen LogP contribution in [0.15, 0.2) is 0 Å². The molecule has 1 rings (SSSR count). The van der Waals surface area contributed by atoms with Gasteiger partial charge in [-0.05, 0) is 18.9 Å². The zero-order valence-corrected chi connectivity index (χ0v) is 6.89. The molecule has 0 unspecified atom stereocenters. The van der Waals surface area contributed by atoms with Crippen LogP contribution in [0.25, 0.3) is 0 Å². The van der Waals surface area contributed by atoms with Crippen LogP contribution in [0.5, 0.6) is 0 Å². The monoisotopic (exact) mass is 143 g/mol. The minimum Gasteiger partial charge on any atom is -0.378 e. The van der Waals surface area contributed by atoms with E-state index >= 15 is 0 Å². The summed E-state index contributed by atoms with van der Waals surface area (Å²) in [5, 5.41) is 3.43. The van der Waals surface area contributed by atoms with Crippen molar-refractivity contribution in [3.8, 4) is 0 Å². The summed E-state index contributed by atoms with van der Waals surface area (Å²) < 4.78 is 5.03. The van der Waals surface area contributed by atoms with Gasteiger partial charge in [-0.2, -0.15) is 0 Å². The van der Waals surface area contributed by atoms with Crippen molar-refractivity contribution in [2.75, 3.05) is 19.8 Å². The van der Waals surface area contributed by atoms with Gasteiger partial charge in [0.2, 0.25) is 0 Å². The maximum atomic E-state index is 5.03. The number of hydrogen-bond donors (Lipinski definition) is 1. The van der Waals surface area contributed by atoms with Crippen LogP contribution in [-0.4, -0.2) is 25.8 Å². The molecule has 0 spiro atoms. The molecule has 0 radical (unpaired) electrons. The Morgan fingerprint density at radius 3 is 2.60 bits per heavy atom. The van der Waals surface area contributed by atoms with E-state index in [9.17, 15) is 0 Å². The van der Waals surface area contributed by atoms with E-state index < -0.39 is 0 Å². The van der Waals surface area contributed by atoms with Crippen LogP contribution < -0.4 is 5.32 Å². The minimum absolute atomic E-state index is 0.652. The lowest BCUT2D eigenvalue weighted by molar-refractivity contribution is -0.00522. The third-order valence-corrected chi connectivity index (χ3v) is 1.79. The highest BCUT2D eigenvalue weighted by Crippen LogP contribution is 2.01. The predicted molar refractivity (Wildman–Crippen MR) is 42.1 cm³/mol. The fraction of sp³-hybridized carbons (Fsp3) is 1.00. The lowest BCUT2D eigenvalue weighted by atomic mass is 10.1. The van der Waals surface area contributed by atoms with Crippen molar-refractivity contribution in [2.45, 2.75) is 26.3 Å². The minimum atomic E-state index is 0.652. The molecule has 1 N–H and O–H groups in total. The predicted octanol–water partition coefficient (Wildman–Crippen LogP) is 1.02. The van der Waals surface area contributed by atoms with E-state index in [4.69, 9.17) is 4.74 Å². The maximum Gasteiger partial charge on any atom is 0.0643 e. The van der Waals surface area contributed by atoms with E-state index in [1.54, 1.807) is 0 Å². The summed E-state index contributed by atoms with van der Waals surface area (Å²) in [5.41, 5.74) is 0. The van der Waals surface area contributed by atoms with E-state index in [0.717, 1.165) is 25.7 Å². The van der Waals surface area contributed by atoms with Gasteiger partial charge in [0.15, 0.2) is 0 Å². The Morgan fingerprint density at radius 1 is 1.50 bits per heavy atom. The third-order valence-electron chi connectivity index (χ3n) is 1.79. The van der Waals surface area contributed by atoms with Gasteiger partial charge in [0.1, 0.15) is 0 Å². The number of ether oxygens (including phenoxy) is 1. The molecule has 60 valence electrons. The summed E-state index contributed by atoms with van der Waals surface area (Å²) in [4.78, 5) is 0. The van der Waals surface area contributed by atoms with E-state index in [0.29, 0.717) is 6.04 Å². The van der Waals surface area contributed by atoms with Gasteiger partial charge in [0.25, 0.3) is 0 Å². The Hall–Kier alpha value is -0.0800. The Labute approximate surface area is 63.0 Å². The van der Waals surface area contributed by atoms with Crippen molar-refractivity contribution in [2.24, 2.45) is 5.92 Å². The molecule has 1 aliphatic heterocycles. The van der Waals surface area contributed by atoms with Crippen LogP contribution in [0.2, 0.25) is 0 Å². The Balaban J connectivity index is 1.85. The standard InChI is InChI=1S/C8H17NO/c1-7(2)3-4-9-8-5-10-6-8/h7-9H,3-6H2,1-2H3. The lowest BCUT2D eigenvalue weighted by Gasteiger charge is -2.27. The second kappa shape index (κ2) is 3.94. The average molecular weight is 143 g/mol. The first-order valence-corrected chi connectivity index (χ1v) is 4.10. The van der Waals surface area contributed by atoms with Gasteiger partial charge in [-0.15, -0.1) is 0 Å². The Morgan fingerprint density at radius 2 is 2.20 bits per heavy atom. The molecular weight excluding hydrogens is 126 g/mol. The number of rotatable bonds is 4. The van der Waals surface area contributed by atoms with Crippen LogP contribution in [0.1, 0.15) is 20.3 Å². The molecule has 0 aliphatic carbocycles. The summed E-state index contributed by atoms with van der Waals surface area (Å²) in [6.45, 7) is 7.47. The van der Waals surface area contributed by atoms with Gasteiger partial charge >= 0.3 is 0 Å². The van der Waals surface area contributed by atoms with Crippen molar-refractivity contribution in [3.05, 3.63) is 0 Å². The number of nitrogens with one attached hydrogen (secondary N) is 1. The quantitative estimate of drug-likeness (QED) is 0.634. The van der Waals surface area contributed by atoms with Crippen molar-refractivity contribution in [1.29, 1.82) is 0 Å². The van der Waals surface area contributed by atoms with Crippen molar-refractivity contribution >= 4 is 0 Å². The fourth-order valence-corrected chi connectivity index (χ4v) is 0.930. The highest BCUT2D eigenvalue weighted by Gasteiger charge is 2.16. The molecule has 0 aromatic carbocycles. The van der Waals surface area contributed by atoms with Gasteiger partial charge in [-0.1, -0.05) is 13.8 Å². The molecular formula is C8H17NO. The van der Waals surface area contributed by atoms with Crippen LogP contribution in [0, 0.1) is 5.92 Å². The maximum absolute atomic E-state index is 5.03. The van der Waals surface area contributed by atoms with Crippen molar-refractivity contribution in [1.82, 2.24) is 5.32 Å². The van der Waals surface area contributed by atoms with E-state index in [1.807, 2.05) is 0 Å². The molecule has 0 saturated carbocycles. The number of hydrogen-bond acceptors (Lipinski definition) is 2. The zero-order chi connectivity index (χ0) is 7.40. The molecule has 0 amide bonds. The van der Waals surface area contributed by atoms with Gasteiger partial charge < -0.3 is 10.1 Å². The normalized spacial score (nSPS) is 19.5. The molecule has 2 heteroatoms. The topological polar surface area (TPSA) is 21.3 Å². The fourth-order valence-electron chi connectivity index (χ4n) is 0.930. The van der Waals surface area contributed by atoms with Gasteiger partial charge in [-0.25, -0.2) is 0 Å². The largest absolute Gasteiger partial charge is 0.378 e. The first kappa shape index (κ1) is 8.02. The van der Waals surface area contributed by atoms with Crippen LogP contribution in [0.3, 0.4) is 0 Å². The summed E-state index contributed by atoms with van der Waals surface area (Å²) in [6, 6.07) is 0.652. The first-order valence-electron chi connectivity index (χ1n) is 4.10. The molecule has 10 heavy (non-hydrogen) atoms. The molecule has 1 fully saturated rings. The van der Waals surface area contributed by atoms with Crippen LogP contribution in [0.4, 0.5) is 0 Å². The lowest BCUT2D eigenvalue weighted by Crippen LogP contribution is -2.46. The highest BCUT2D eigenvalue weighted by molar-refractivity contribution is 4.72. The Kier molecular flexibility index (Phi) is 3.16. The van der Waals surface area contributed by atoms with E-state index in [1.165, 1.54) is 6.42 Å². The molecule has 2 nitrogen and oxygen atoms in total. The van der Waals surface area contributed by atoms with Crippen LogP contribution in [-0.2, 0) is 4.74 Å². The van der Waals surface area contributed by atoms with E-state index in [-0.39, 0.29) is 0 Å². The molecule has 0 bridgehead atoms. The van der Waals surface area contributed by atoms with Gasteiger partial charge in [0.05, 0.1) is 19.3 Å². The SMILES string of the molecule is CC(C)CCNC1COC1. The summed E-state index contributed by atoms with van der Waals surface area (Å²) in [7, 11) is 0. The second-order valence-electron chi connectivity index (χ2n) is 3.37. The molecule has 1 aliphatic rings. The van der Waals surface area contributed by atoms with Crippen molar-refractivity contribution in [3.63, 3.8) is 0 Å². The average Bonchev–Trinajstić information content (AvgIpc) is 1.75. The van der Waals surface area contributed by atoms with E-state index in [2.05, 4.69) is 19.2 Å². The molecule has 0 aromatic heterocycles. The molecule has 1 saturated heterocycles. The smallest absolute Gasteiger partial charge is 0.0643 e. The van der Waals surface area contributed by atoms with Crippen molar-refractivity contribution < 1.29 is 4.74 Å². The summed E-state index contributed by atoms with van der Waals surface area (Å²) in [6.07, 6.45) is 1.27. The zero-order valence-electron chi connectivity index (χ0n) is 6.89. The molecule has 0 atom stereocenters. The molecule has 0 aromatic rings. The Bertz CT molecular complexity index is 89.3. The van der Waals surface area contributed by atoms with Crippen LogP contribution >= 0.6 is 0 Å². The summed E-state index contributed by atoms with van der Waals surface area (Å²) in [5.74, 6) is 0.813. The van der Waals surface area contributed by atoms with Gasteiger partial charge in [0, 0.05) is 0 Å². The third kappa shape index (κ3) is 2.67. The second-order valence-corrected chi connectivity index (χ2v) is 3.37. The van der Waals surface area contributed by atoms with Gasteiger partial charge in [-0.3, -0.25) is 0 Å². The molecule has 1 heterocycles. The highest BCUT2D eigenvalue weighted by atomic mass is 16.5. The summed E-state index contributed by atoms with van der Waals surface area (Å²) >= 11 is 0.